The number of nitrogens with zero attached hydrogens (tertiary/aromatic N) is 2. The molecule has 1 fully saturated rings. The minimum Gasteiger partial charge on any atom is -0.454 e. The Labute approximate surface area is 162 Å². The fraction of sp³-hybridized carbons (Fsp3) is 0.350. The summed E-state index contributed by atoms with van der Waals surface area (Å²) in [4.78, 5) is 39.3. The predicted octanol–water partition coefficient (Wildman–Crippen LogP) is 2.02. The van der Waals surface area contributed by atoms with Gasteiger partial charge in [-0.05, 0) is 44.5 Å². The average molecular weight is 383 g/mol. The van der Waals surface area contributed by atoms with Gasteiger partial charge in [-0.2, -0.15) is 0 Å². The highest BCUT2D eigenvalue weighted by atomic mass is 16.7. The second kappa shape index (κ2) is 6.12. The van der Waals surface area contributed by atoms with Crippen molar-refractivity contribution in [3.8, 4) is 11.5 Å². The molecule has 1 N–H and O–H groups in total. The van der Waals surface area contributed by atoms with Gasteiger partial charge in [0.15, 0.2) is 17.3 Å². The zero-order valence-electron chi connectivity index (χ0n) is 16.2. The van der Waals surface area contributed by atoms with Crippen LogP contribution >= 0.6 is 0 Å². The van der Waals surface area contributed by atoms with Crippen LogP contribution in [0.4, 0.5) is 4.79 Å². The normalized spacial score (nSPS) is 20.6. The highest BCUT2D eigenvalue weighted by Crippen LogP contribution is 2.37. The lowest BCUT2D eigenvalue weighted by atomic mass is 9.91. The minimum atomic E-state index is -1.28. The molecule has 3 amide bonds. The van der Waals surface area contributed by atoms with E-state index in [1.54, 1.807) is 31.2 Å². The Kier molecular flexibility index (Phi) is 3.95. The summed E-state index contributed by atoms with van der Waals surface area (Å²) in [6.45, 7) is 5.16. The zero-order valence-corrected chi connectivity index (χ0v) is 16.2. The van der Waals surface area contributed by atoms with Gasteiger partial charge in [0.05, 0.1) is 6.54 Å². The first kappa shape index (κ1) is 18.1. The third kappa shape index (κ3) is 2.56. The van der Waals surface area contributed by atoms with E-state index in [2.05, 4.69) is 5.32 Å². The number of urea groups is 1. The van der Waals surface area contributed by atoms with Gasteiger partial charge in [0.25, 0.3) is 5.91 Å². The highest BCUT2D eigenvalue weighted by Gasteiger charge is 2.50. The molecule has 2 aliphatic heterocycles. The summed E-state index contributed by atoms with van der Waals surface area (Å²) in [6, 6.07) is 6.27. The maximum atomic E-state index is 13.1. The molecule has 8 heteroatoms. The Hall–Kier alpha value is -3.29. The average Bonchev–Trinajstić information content (AvgIpc) is 3.30. The lowest BCUT2D eigenvalue weighted by Gasteiger charge is -2.22. The molecule has 0 aliphatic carbocycles. The molecule has 1 atom stereocenters. The number of carbonyl (C=O) groups is 3. The summed E-state index contributed by atoms with van der Waals surface area (Å²) in [5.74, 6) is 0.353. The Morgan fingerprint density at radius 2 is 1.89 bits per heavy atom. The Morgan fingerprint density at radius 1 is 1.18 bits per heavy atom. The number of aryl methyl sites for hydroxylation is 1. The first-order valence-corrected chi connectivity index (χ1v) is 8.92. The monoisotopic (exact) mass is 383 g/mol. The molecule has 3 heterocycles. The van der Waals surface area contributed by atoms with Crippen LogP contribution in [0.1, 0.15) is 34.2 Å². The molecule has 4 rings (SSSR count). The number of ketones is 1. The second-order valence-electron chi connectivity index (χ2n) is 7.28. The largest absolute Gasteiger partial charge is 0.454 e. The van der Waals surface area contributed by atoms with E-state index in [9.17, 15) is 14.4 Å². The number of benzene rings is 1. The van der Waals surface area contributed by atoms with Crippen molar-refractivity contribution in [3.63, 3.8) is 0 Å². The van der Waals surface area contributed by atoms with Gasteiger partial charge in [-0.25, -0.2) is 4.79 Å². The maximum Gasteiger partial charge on any atom is 0.325 e. The van der Waals surface area contributed by atoms with Gasteiger partial charge >= 0.3 is 6.03 Å². The molecule has 0 bridgehead atoms. The van der Waals surface area contributed by atoms with Gasteiger partial charge in [-0.15, -0.1) is 0 Å². The van der Waals surface area contributed by atoms with Crippen LogP contribution in [0.15, 0.2) is 24.3 Å². The van der Waals surface area contributed by atoms with E-state index in [1.807, 2.05) is 25.5 Å². The topological polar surface area (TPSA) is 89.9 Å². The first-order chi connectivity index (χ1) is 13.2. The number of amides is 3. The number of aromatic nitrogens is 1. The van der Waals surface area contributed by atoms with Crippen molar-refractivity contribution >= 4 is 17.7 Å². The van der Waals surface area contributed by atoms with Crippen LogP contribution in [0, 0.1) is 13.8 Å². The third-order valence-electron chi connectivity index (χ3n) is 5.60. The van der Waals surface area contributed by atoms with E-state index in [-0.39, 0.29) is 19.1 Å². The summed E-state index contributed by atoms with van der Waals surface area (Å²) >= 11 is 0. The molecule has 146 valence electrons. The molecule has 0 spiro atoms. The van der Waals surface area contributed by atoms with Crippen molar-refractivity contribution in [2.45, 2.75) is 26.3 Å². The molecule has 1 aromatic carbocycles. The maximum absolute atomic E-state index is 13.1. The molecule has 28 heavy (non-hydrogen) atoms. The number of Topliss-reactive ketones (excluding diaryl/α,β-unsaturated/α-hetero) is 1. The molecule has 2 aliphatic rings. The van der Waals surface area contributed by atoms with Gasteiger partial charge in [0.1, 0.15) is 5.54 Å². The van der Waals surface area contributed by atoms with Gasteiger partial charge in [0.2, 0.25) is 6.79 Å². The van der Waals surface area contributed by atoms with E-state index < -0.39 is 17.5 Å². The third-order valence-corrected chi connectivity index (χ3v) is 5.60. The minimum absolute atomic E-state index is 0.117. The molecular formula is C20H21N3O5. The molecule has 0 saturated carbocycles. The van der Waals surface area contributed by atoms with E-state index >= 15 is 0 Å². The smallest absolute Gasteiger partial charge is 0.325 e. The molecule has 1 saturated heterocycles. The highest BCUT2D eigenvalue weighted by molar-refractivity contribution is 6.11. The van der Waals surface area contributed by atoms with Gasteiger partial charge in [-0.3, -0.25) is 14.5 Å². The van der Waals surface area contributed by atoms with Crippen molar-refractivity contribution in [2.24, 2.45) is 7.05 Å². The number of carbonyl (C=O) groups excluding carboxylic acids is 3. The summed E-state index contributed by atoms with van der Waals surface area (Å²) in [7, 11) is 1.87. The van der Waals surface area contributed by atoms with Crippen LogP contribution in [0.5, 0.6) is 11.5 Å². The second-order valence-corrected chi connectivity index (χ2v) is 7.28. The van der Waals surface area contributed by atoms with Crippen molar-refractivity contribution in [1.82, 2.24) is 14.8 Å². The molecule has 2 aromatic rings. The number of nitrogens with one attached hydrogen (secondary N) is 1. The molecule has 8 nitrogen and oxygen atoms in total. The van der Waals surface area contributed by atoms with Crippen molar-refractivity contribution in [3.05, 3.63) is 46.8 Å². The lowest BCUT2D eigenvalue weighted by molar-refractivity contribution is -0.130. The van der Waals surface area contributed by atoms with Crippen LogP contribution < -0.4 is 14.8 Å². The predicted molar refractivity (Wildman–Crippen MR) is 99.4 cm³/mol. The number of hydrogen-bond donors (Lipinski definition) is 1. The first-order valence-electron chi connectivity index (χ1n) is 8.92. The number of imide groups is 1. The van der Waals surface area contributed by atoms with E-state index in [0.29, 0.717) is 22.6 Å². The summed E-state index contributed by atoms with van der Waals surface area (Å²) in [5, 5.41) is 2.71. The Morgan fingerprint density at radius 3 is 2.57 bits per heavy atom. The Bertz CT molecular complexity index is 1030. The number of fused-ring (bicyclic) bond motifs is 1. The molecular weight excluding hydrogens is 362 g/mol. The fourth-order valence-corrected chi connectivity index (χ4v) is 3.61. The number of ether oxygens (including phenoxy) is 2. The van der Waals surface area contributed by atoms with E-state index in [0.717, 1.165) is 16.3 Å². The summed E-state index contributed by atoms with van der Waals surface area (Å²) in [5.41, 5.74) is 1.53. The van der Waals surface area contributed by atoms with E-state index in [4.69, 9.17) is 9.47 Å². The molecule has 0 radical (unpaired) electrons. The van der Waals surface area contributed by atoms with Gasteiger partial charge < -0.3 is 19.4 Å². The summed E-state index contributed by atoms with van der Waals surface area (Å²) in [6.07, 6.45) is 0. The van der Waals surface area contributed by atoms with Crippen LogP contribution in [-0.2, 0) is 17.4 Å². The number of rotatable bonds is 4. The summed E-state index contributed by atoms with van der Waals surface area (Å²) < 4.78 is 12.6. The van der Waals surface area contributed by atoms with Crippen LogP contribution in [-0.4, -0.2) is 40.5 Å². The van der Waals surface area contributed by atoms with Gasteiger partial charge in [-0.1, -0.05) is 6.07 Å². The Balaban J connectivity index is 1.60. The van der Waals surface area contributed by atoms with Crippen LogP contribution in [0.25, 0.3) is 0 Å². The fourth-order valence-electron chi connectivity index (χ4n) is 3.61. The van der Waals surface area contributed by atoms with Crippen LogP contribution in [0.2, 0.25) is 0 Å². The van der Waals surface area contributed by atoms with E-state index in [1.165, 1.54) is 0 Å². The lowest BCUT2D eigenvalue weighted by Crippen LogP contribution is -2.41. The van der Waals surface area contributed by atoms with Crippen LogP contribution in [0.3, 0.4) is 0 Å². The molecule has 1 aromatic heterocycles. The van der Waals surface area contributed by atoms with Crippen molar-refractivity contribution in [2.75, 3.05) is 13.3 Å². The molecule has 0 unspecified atom stereocenters. The standard InChI is InChI=1S/C20H21N3O5/c1-11-7-14(12(2)22(11)4)15(24)9-23-18(25)20(3,21-19(23)26)13-5-6-16-17(8-13)28-10-27-16/h5-8H,9-10H2,1-4H3,(H,21,26)/t20-/m1/s1. The van der Waals surface area contributed by atoms with Gasteiger partial charge in [0, 0.05) is 24.0 Å². The van der Waals surface area contributed by atoms with Crippen molar-refractivity contribution in [1.29, 1.82) is 0 Å². The zero-order chi connectivity index (χ0) is 20.2. The quantitative estimate of drug-likeness (QED) is 0.644. The van der Waals surface area contributed by atoms with Crippen molar-refractivity contribution < 1.29 is 23.9 Å². The SMILES string of the molecule is Cc1cc(C(=O)CN2C(=O)N[C@](C)(c3ccc4c(c3)OCO4)C2=O)c(C)n1C. The number of hydrogen-bond acceptors (Lipinski definition) is 5.